The van der Waals surface area contributed by atoms with Gasteiger partial charge in [-0.15, -0.1) is 0 Å². The van der Waals surface area contributed by atoms with Crippen LogP contribution in [0.5, 0.6) is 0 Å². The SMILES string of the molecule is CC(=O)N1CC2(CCN(C(=O)CCn3cccn3)CC2)Nc2ccccc21. The highest BCUT2D eigenvalue weighted by Crippen LogP contribution is 2.39. The highest BCUT2D eigenvalue weighted by atomic mass is 16.2. The van der Waals surface area contributed by atoms with E-state index in [4.69, 9.17) is 0 Å². The fraction of sp³-hybridized carbons (Fsp3) is 0.450. The van der Waals surface area contributed by atoms with Crippen molar-refractivity contribution in [1.29, 1.82) is 0 Å². The molecular formula is C20H25N5O2. The van der Waals surface area contributed by atoms with Crippen molar-refractivity contribution in [3.8, 4) is 0 Å². The number of fused-ring (bicyclic) bond motifs is 1. The van der Waals surface area contributed by atoms with E-state index in [1.165, 1.54) is 0 Å². The summed E-state index contributed by atoms with van der Waals surface area (Å²) in [7, 11) is 0. The predicted octanol–water partition coefficient (Wildman–Crippen LogP) is 2.11. The Hall–Kier alpha value is -2.83. The third-order valence-corrected chi connectivity index (χ3v) is 5.62. The molecule has 0 unspecified atom stereocenters. The number of benzene rings is 1. The Labute approximate surface area is 158 Å². The van der Waals surface area contributed by atoms with Gasteiger partial charge < -0.3 is 15.1 Å². The first-order chi connectivity index (χ1) is 13.1. The van der Waals surface area contributed by atoms with Crippen molar-refractivity contribution in [2.45, 2.75) is 38.3 Å². The topological polar surface area (TPSA) is 70.5 Å². The van der Waals surface area contributed by atoms with Crippen molar-refractivity contribution < 1.29 is 9.59 Å². The summed E-state index contributed by atoms with van der Waals surface area (Å²) in [6, 6.07) is 9.80. The summed E-state index contributed by atoms with van der Waals surface area (Å²) in [5.74, 6) is 0.223. The molecule has 7 heteroatoms. The van der Waals surface area contributed by atoms with Gasteiger partial charge in [-0.25, -0.2) is 0 Å². The summed E-state index contributed by atoms with van der Waals surface area (Å²) >= 11 is 0. The molecule has 3 heterocycles. The predicted molar refractivity (Wildman–Crippen MR) is 103 cm³/mol. The number of rotatable bonds is 3. The van der Waals surface area contributed by atoms with Crippen LogP contribution in [0.15, 0.2) is 42.7 Å². The third-order valence-electron chi connectivity index (χ3n) is 5.62. The number of likely N-dealkylation sites (tertiary alicyclic amines) is 1. The number of nitrogens with zero attached hydrogens (tertiary/aromatic N) is 4. The van der Waals surface area contributed by atoms with Crippen LogP contribution >= 0.6 is 0 Å². The van der Waals surface area contributed by atoms with E-state index < -0.39 is 0 Å². The van der Waals surface area contributed by atoms with Crippen LogP contribution in [0.25, 0.3) is 0 Å². The lowest BCUT2D eigenvalue weighted by Crippen LogP contribution is -2.59. The fourth-order valence-corrected chi connectivity index (χ4v) is 4.08. The van der Waals surface area contributed by atoms with Crippen molar-refractivity contribution in [3.05, 3.63) is 42.7 Å². The maximum absolute atomic E-state index is 12.5. The summed E-state index contributed by atoms with van der Waals surface area (Å²) < 4.78 is 1.79. The van der Waals surface area contributed by atoms with Crippen molar-refractivity contribution in [3.63, 3.8) is 0 Å². The van der Waals surface area contributed by atoms with Gasteiger partial charge >= 0.3 is 0 Å². The molecule has 1 N–H and O–H groups in total. The quantitative estimate of drug-likeness (QED) is 0.902. The second-order valence-corrected chi connectivity index (χ2v) is 7.43. The number of para-hydroxylation sites is 2. The molecule has 2 aliphatic heterocycles. The molecule has 1 spiro atoms. The molecule has 0 aliphatic carbocycles. The maximum Gasteiger partial charge on any atom is 0.224 e. The fourth-order valence-electron chi connectivity index (χ4n) is 4.08. The van der Waals surface area contributed by atoms with Crippen LogP contribution in [0.1, 0.15) is 26.2 Å². The minimum absolute atomic E-state index is 0.0565. The number of piperidine rings is 1. The first-order valence-electron chi connectivity index (χ1n) is 9.47. The first kappa shape index (κ1) is 17.6. The Morgan fingerprint density at radius 3 is 2.67 bits per heavy atom. The van der Waals surface area contributed by atoms with Crippen LogP contribution in [0.4, 0.5) is 11.4 Å². The molecule has 1 saturated heterocycles. The zero-order chi connectivity index (χ0) is 18.9. The lowest BCUT2D eigenvalue weighted by molar-refractivity contribution is -0.133. The number of anilines is 2. The minimum atomic E-state index is -0.168. The number of hydrogen-bond acceptors (Lipinski definition) is 4. The molecule has 0 bridgehead atoms. The van der Waals surface area contributed by atoms with E-state index >= 15 is 0 Å². The standard InChI is InChI=1S/C20H25N5O2/c1-16(26)25-15-20(22-17-5-2-3-6-18(17)25)8-13-23(14-9-20)19(27)7-12-24-11-4-10-21-24/h2-6,10-11,22H,7-9,12-15H2,1H3. The van der Waals surface area contributed by atoms with Crippen LogP contribution in [0.3, 0.4) is 0 Å². The highest BCUT2D eigenvalue weighted by Gasteiger charge is 2.41. The lowest BCUT2D eigenvalue weighted by Gasteiger charge is -2.49. The Bertz CT molecular complexity index is 825. The smallest absolute Gasteiger partial charge is 0.224 e. The monoisotopic (exact) mass is 367 g/mol. The molecule has 1 fully saturated rings. The average molecular weight is 367 g/mol. The summed E-state index contributed by atoms with van der Waals surface area (Å²) in [5.41, 5.74) is 1.77. The third kappa shape index (κ3) is 3.54. The number of carbonyl (C=O) groups is 2. The number of aryl methyl sites for hydroxylation is 1. The minimum Gasteiger partial charge on any atom is -0.376 e. The van der Waals surface area contributed by atoms with Gasteiger partial charge in [0.05, 0.1) is 16.9 Å². The van der Waals surface area contributed by atoms with Crippen molar-refractivity contribution >= 4 is 23.2 Å². The molecule has 7 nitrogen and oxygen atoms in total. The Balaban J connectivity index is 1.41. The van der Waals surface area contributed by atoms with Crippen molar-refractivity contribution in [2.75, 3.05) is 29.9 Å². The highest BCUT2D eigenvalue weighted by molar-refractivity contribution is 5.96. The number of amides is 2. The summed E-state index contributed by atoms with van der Waals surface area (Å²) in [6.07, 6.45) is 5.72. The van der Waals surface area contributed by atoms with Gasteiger partial charge in [-0.2, -0.15) is 5.10 Å². The van der Waals surface area contributed by atoms with Crippen LogP contribution in [-0.2, 0) is 16.1 Å². The largest absolute Gasteiger partial charge is 0.376 e. The molecule has 1 aromatic carbocycles. The van der Waals surface area contributed by atoms with E-state index in [2.05, 4.69) is 10.4 Å². The van der Waals surface area contributed by atoms with Gasteiger partial charge in [0, 0.05) is 51.9 Å². The van der Waals surface area contributed by atoms with Gasteiger partial charge in [-0.3, -0.25) is 14.3 Å². The van der Waals surface area contributed by atoms with Gasteiger partial charge in [0.25, 0.3) is 0 Å². The molecule has 0 radical (unpaired) electrons. The zero-order valence-electron chi connectivity index (χ0n) is 15.6. The summed E-state index contributed by atoms with van der Waals surface area (Å²) in [5, 5.41) is 7.81. The lowest BCUT2D eigenvalue weighted by atomic mass is 9.84. The molecule has 1 aromatic heterocycles. The second-order valence-electron chi connectivity index (χ2n) is 7.43. The van der Waals surface area contributed by atoms with Gasteiger partial charge in [0.2, 0.25) is 11.8 Å². The van der Waals surface area contributed by atoms with Gasteiger partial charge in [-0.05, 0) is 31.0 Å². The van der Waals surface area contributed by atoms with E-state index in [0.29, 0.717) is 32.6 Å². The molecular weight excluding hydrogens is 342 g/mol. The van der Waals surface area contributed by atoms with E-state index in [0.717, 1.165) is 24.2 Å². The van der Waals surface area contributed by atoms with Crippen LogP contribution in [-0.4, -0.2) is 51.7 Å². The van der Waals surface area contributed by atoms with Crippen LogP contribution in [0.2, 0.25) is 0 Å². The van der Waals surface area contributed by atoms with Gasteiger partial charge in [0.1, 0.15) is 0 Å². The van der Waals surface area contributed by atoms with Gasteiger partial charge in [0.15, 0.2) is 0 Å². The maximum atomic E-state index is 12.5. The molecule has 0 atom stereocenters. The molecule has 2 amide bonds. The van der Waals surface area contributed by atoms with E-state index in [-0.39, 0.29) is 17.4 Å². The molecule has 142 valence electrons. The average Bonchev–Trinajstić information content (AvgIpc) is 3.19. The van der Waals surface area contributed by atoms with Crippen molar-refractivity contribution in [1.82, 2.24) is 14.7 Å². The van der Waals surface area contributed by atoms with Crippen molar-refractivity contribution in [2.24, 2.45) is 0 Å². The molecule has 2 aliphatic rings. The normalized spacial score (nSPS) is 18.1. The zero-order valence-corrected chi connectivity index (χ0v) is 15.6. The molecule has 4 rings (SSSR count). The number of nitrogens with one attached hydrogen (secondary N) is 1. The number of hydrogen-bond donors (Lipinski definition) is 1. The van der Waals surface area contributed by atoms with E-state index in [9.17, 15) is 9.59 Å². The Kier molecular flexibility index (Phi) is 4.59. The van der Waals surface area contributed by atoms with E-state index in [1.807, 2.05) is 46.3 Å². The van der Waals surface area contributed by atoms with Crippen LogP contribution in [0, 0.1) is 0 Å². The first-order valence-corrected chi connectivity index (χ1v) is 9.47. The molecule has 2 aromatic rings. The second kappa shape index (κ2) is 7.06. The van der Waals surface area contributed by atoms with Crippen LogP contribution < -0.4 is 10.2 Å². The number of carbonyl (C=O) groups excluding carboxylic acids is 2. The molecule has 0 saturated carbocycles. The summed E-state index contributed by atoms with van der Waals surface area (Å²) in [6.45, 7) is 4.29. The van der Waals surface area contributed by atoms with Gasteiger partial charge in [-0.1, -0.05) is 12.1 Å². The van der Waals surface area contributed by atoms with E-state index in [1.54, 1.807) is 17.8 Å². The Morgan fingerprint density at radius 1 is 1.19 bits per heavy atom. The number of aromatic nitrogens is 2. The molecule has 27 heavy (non-hydrogen) atoms. The Morgan fingerprint density at radius 2 is 1.96 bits per heavy atom. The summed E-state index contributed by atoms with van der Waals surface area (Å²) in [4.78, 5) is 28.5.